The molecule has 0 unspecified atom stereocenters. The highest BCUT2D eigenvalue weighted by Crippen LogP contribution is 2.31. The van der Waals surface area contributed by atoms with Crippen LogP contribution in [0.1, 0.15) is 31.1 Å². The van der Waals surface area contributed by atoms with Gasteiger partial charge in [0.25, 0.3) is 23.4 Å². The van der Waals surface area contributed by atoms with Crippen molar-refractivity contribution in [2.24, 2.45) is 0 Å². The zero-order valence-electron chi connectivity index (χ0n) is 17.3. The number of carboxylic acids is 1. The van der Waals surface area contributed by atoms with Crippen LogP contribution in [-0.4, -0.2) is 40.3 Å². The topological polar surface area (TPSA) is 156 Å². The average Bonchev–Trinajstić information content (AvgIpc) is 3.07. The Morgan fingerprint density at radius 3 is 2.44 bits per heavy atom. The van der Waals surface area contributed by atoms with Crippen LogP contribution in [-0.2, 0) is 4.79 Å². The Kier molecular flexibility index (Phi) is 5.75. The summed E-state index contributed by atoms with van der Waals surface area (Å²) in [5, 5.41) is 22.4. The third kappa shape index (κ3) is 4.30. The molecule has 0 fully saturated rings. The zero-order chi connectivity index (χ0) is 24.4. The highest BCUT2D eigenvalue weighted by atomic mass is 16.6. The molecule has 0 aliphatic carbocycles. The van der Waals surface area contributed by atoms with E-state index < -0.39 is 35.2 Å². The third-order valence-corrected chi connectivity index (χ3v) is 4.90. The van der Waals surface area contributed by atoms with E-state index in [0.29, 0.717) is 5.69 Å². The molecule has 0 radical (unpaired) electrons. The molecule has 0 bridgehead atoms. The molecule has 3 aromatic rings. The fourth-order valence-electron chi connectivity index (χ4n) is 3.38. The van der Waals surface area contributed by atoms with Crippen LogP contribution in [0, 0.1) is 10.1 Å². The summed E-state index contributed by atoms with van der Waals surface area (Å²) in [6.07, 6.45) is 0. The molecule has 0 saturated carbocycles. The molecule has 11 nitrogen and oxygen atoms in total. The van der Waals surface area contributed by atoms with Gasteiger partial charge in [0, 0.05) is 29.4 Å². The number of nitrogens with one attached hydrogen (secondary N) is 1. The second-order valence-corrected chi connectivity index (χ2v) is 7.15. The largest absolute Gasteiger partial charge is 0.482 e. The molecule has 0 saturated heterocycles. The number of aliphatic carboxylic acids is 1. The predicted octanol–water partition coefficient (Wildman–Crippen LogP) is 3.11. The van der Waals surface area contributed by atoms with Crippen molar-refractivity contribution in [3.8, 4) is 5.75 Å². The minimum Gasteiger partial charge on any atom is -0.482 e. The van der Waals surface area contributed by atoms with Gasteiger partial charge < -0.3 is 15.2 Å². The number of amides is 3. The number of nitrogens with zero attached hydrogens (tertiary/aromatic N) is 2. The van der Waals surface area contributed by atoms with E-state index in [1.54, 1.807) is 12.1 Å². The van der Waals surface area contributed by atoms with Gasteiger partial charge in [0.05, 0.1) is 21.7 Å². The van der Waals surface area contributed by atoms with E-state index in [9.17, 15) is 29.3 Å². The summed E-state index contributed by atoms with van der Waals surface area (Å²) in [6.45, 7) is -0.539. The predicted molar refractivity (Wildman–Crippen MR) is 118 cm³/mol. The molecule has 4 rings (SSSR count). The monoisotopic (exact) mass is 461 g/mol. The molecule has 11 heteroatoms. The molecular weight excluding hydrogens is 446 g/mol. The number of imide groups is 1. The smallest absolute Gasteiger partial charge is 0.341 e. The van der Waals surface area contributed by atoms with Crippen LogP contribution in [0.3, 0.4) is 0 Å². The fraction of sp³-hybridized carbons (Fsp3) is 0.0435. The van der Waals surface area contributed by atoms with Gasteiger partial charge in [0.1, 0.15) is 5.75 Å². The molecule has 3 amide bonds. The zero-order valence-corrected chi connectivity index (χ0v) is 17.3. The summed E-state index contributed by atoms with van der Waals surface area (Å²) in [6, 6.07) is 15.3. The summed E-state index contributed by atoms with van der Waals surface area (Å²) < 4.78 is 5.08. The van der Waals surface area contributed by atoms with Crippen molar-refractivity contribution in [1.29, 1.82) is 0 Å². The molecule has 1 heterocycles. The van der Waals surface area contributed by atoms with Crippen LogP contribution in [0.5, 0.6) is 5.75 Å². The van der Waals surface area contributed by atoms with Gasteiger partial charge in [-0.25, -0.2) is 9.69 Å². The van der Waals surface area contributed by atoms with Gasteiger partial charge in [0.2, 0.25) is 0 Å². The minimum atomic E-state index is -1.14. The molecule has 34 heavy (non-hydrogen) atoms. The van der Waals surface area contributed by atoms with Crippen molar-refractivity contribution in [2.75, 3.05) is 16.8 Å². The van der Waals surface area contributed by atoms with Gasteiger partial charge in [-0.2, -0.15) is 0 Å². The first-order valence-electron chi connectivity index (χ1n) is 9.78. The van der Waals surface area contributed by atoms with Gasteiger partial charge in [0.15, 0.2) is 6.61 Å². The average molecular weight is 461 g/mol. The SMILES string of the molecule is O=C(O)COc1cccc(NC(=O)c2cccc(N3C(=O)c4ccc([N+](=O)[O-])cc4C3=O)c2)c1. The number of benzene rings is 3. The van der Waals surface area contributed by atoms with Gasteiger partial charge >= 0.3 is 5.97 Å². The standard InChI is InChI=1S/C23H15N3O8/c27-20(28)12-34-17-6-2-4-14(10-17)24-21(29)13-3-1-5-15(9-13)25-22(30)18-8-7-16(26(32)33)11-19(18)23(25)31/h1-11H,12H2,(H,24,29)(H,27,28). The number of ether oxygens (including phenoxy) is 1. The molecule has 170 valence electrons. The molecule has 1 aliphatic rings. The van der Waals surface area contributed by atoms with Gasteiger partial charge in [-0.3, -0.25) is 24.5 Å². The molecule has 0 aromatic heterocycles. The van der Waals surface area contributed by atoms with Crippen molar-refractivity contribution in [3.05, 3.63) is 93.5 Å². The van der Waals surface area contributed by atoms with E-state index >= 15 is 0 Å². The molecular formula is C23H15N3O8. The Hall–Kier alpha value is -5.06. The Morgan fingerprint density at radius 2 is 1.71 bits per heavy atom. The van der Waals surface area contributed by atoms with Crippen LogP contribution in [0.15, 0.2) is 66.7 Å². The Bertz CT molecular complexity index is 1370. The van der Waals surface area contributed by atoms with Crippen molar-refractivity contribution >= 4 is 40.8 Å². The second kappa shape index (κ2) is 8.82. The van der Waals surface area contributed by atoms with E-state index in [0.717, 1.165) is 17.0 Å². The van der Waals surface area contributed by atoms with Gasteiger partial charge in [-0.15, -0.1) is 0 Å². The van der Waals surface area contributed by atoms with Gasteiger partial charge in [-0.1, -0.05) is 12.1 Å². The summed E-state index contributed by atoms with van der Waals surface area (Å²) in [7, 11) is 0. The summed E-state index contributed by atoms with van der Waals surface area (Å²) in [5.74, 6) is -2.84. The van der Waals surface area contributed by atoms with Crippen molar-refractivity contribution in [1.82, 2.24) is 0 Å². The van der Waals surface area contributed by atoms with E-state index in [1.807, 2.05) is 0 Å². The molecule has 0 atom stereocenters. The summed E-state index contributed by atoms with van der Waals surface area (Å²) in [5.41, 5.74) is 0.226. The Morgan fingerprint density at radius 1 is 0.971 bits per heavy atom. The van der Waals surface area contributed by atoms with Crippen LogP contribution in [0.4, 0.5) is 17.1 Å². The quantitative estimate of drug-likeness (QED) is 0.309. The maximum Gasteiger partial charge on any atom is 0.341 e. The van der Waals surface area contributed by atoms with Gasteiger partial charge in [-0.05, 0) is 36.4 Å². The molecule has 1 aliphatic heterocycles. The lowest BCUT2D eigenvalue weighted by Crippen LogP contribution is -2.29. The Labute approximate surface area is 191 Å². The third-order valence-electron chi connectivity index (χ3n) is 4.90. The Balaban J connectivity index is 1.55. The van der Waals surface area contributed by atoms with Crippen LogP contribution < -0.4 is 15.0 Å². The molecule has 3 aromatic carbocycles. The highest BCUT2D eigenvalue weighted by molar-refractivity contribution is 6.34. The number of fused-ring (bicyclic) bond motifs is 1. The summed E-state index contributed by atoms with van der Waals surface area (Å²) in [4.78, 5) is 60.2. The first-order valence-corrected chi connectivity index (χ1v) is 9.78. The number of carboxylic acid groups (broad SMARTS) is 1. The van der Waals surface area contributed by atoms with E-state index in [4.69, 9.17) is 9.84 Å². The maximum atomic E-state index is 12.8. The number of anilines is 2. The highest BCUT2D eigenvalue weighted by Gasteiger charge is 2.38. The fourth-order valence-corrected chi connectivity index (χ4v) is 3.38. The van der Waals surface area contributed by atoms with E-state index in [-0.39, 0.29) is 33.8 Å². The summed E-state index contributed by atoms with van der Waals surface area (Å²) >= 11 is 0. The maximum absolute atomic E-state index is 12.8. The first-order chi connectivity index (χ1) is 16.2. The first kappa shape index (κ1) is 22.1. The lowest BCUT2D eigenvalue weighted by atomic mass is 10.1. The molecule has 2 N–H and O–H groups in total. The van der Waals surface area contributed by atoms with E-state index in [1.165, 1.54) is 42.5 Å². The number of carbonyl (C=O) groups excluding carboxylic acids is 3. The number of hydrogen-bond acceptors (Lipinski definition) is 7. The molecule has 0 spiro atoms. The normalized spacial score (nSPS) is 12.3. The lowest BCUT2D eigenvalue weighted by molar-refractivity contribution is -0.384. The van der Waals surface area contributed by atoms with Crippen molar-refractivity contribution in [3.63, 3.8) is 0 Å². The van der Waals surface area contributed by atoms with E-state index in [2.05, 4.69) is 5.32 Å². The number of carbonyl (C=O) groups is 4. The lowest BCUT2D eigenvalue weighted by Gasteiger charge is -2.15. The second-order valence-electron chi connectivity index (χ2n) is 7.15. The van der Waals surface area contributed by atoms with Crippen molar-refractivity contribution < 1.29 is 33.9 Å². The van der Waals surface area contributed by atoms with Crippen LogP contribution in [0.25, 0.3) is 0 Å². The number of hydrogen-bond donors (Lipinski definition) is 2. The number of nitro groups is 1. The number of nitro benzene ring substituents is 1. The van der Waals surface area contributed by atoms with Crippen LogP contribution in [0.2, 0.25) is 0 Å². The van der Waals surface area contributed by atoms with Crippen molar-refractivity contribution in [2.45, 2.75) is 0 Å². The van der Waals surface area contributed by atoms with Crippen LogP contribution >= 0.6 is 0 Å². The minimum absolute atomic E-state index is 0.0311. The number of non-ortho nitro benzene ring substituents is 1. The number of rotatable bonds is 7.